The predicted molar refractivity (Wildman–Crippen MR) is 61.8 cm³/mol. The summed E-state index contributed by atoms with van der Waals surface area (Å²) in [5, 5.41) is 14.4. The van der Waals surface area contributed by atoms with Crippen LogP contribution in [0.15, 0.2) is 11.4 Å². The summed E-state index contributed by atoms with van der Waals surface area (Å²) in [4.78, 5) is 1.40. The number of hydrogen-bond donors (Lipinski definition) is 2. The van der Waals surface area contributed by atoms with Crippen molar-refractivity contribution in [2.24, 2.45) is 0 Å². The van der Waals surface area contributed by atoms with Crippen LogP contribution in [0, 0.1) is 6.92 Å². The van der Waals surface area contributed by atoms with Gasteiger partial charge in [0, 0.05) is 23.6 Å². The minimum Gasteiger partial charge on any atom is -0.396 e. The number of thiophene rings is 1. The third kappa shape index (κ3) is 3.08. The zero-order valence-corrected chi connectivity index (χ0v) is 9.90. The van der Waals surface area contributed by atoms with Crippen molar-refractivity contribution in [1.82, 2.24) is 5.32 Å². The second-order valence-corrected chi connectivity index (χ2v) is 4.72. The molecule has 0 radical (unpaired) electrons. The van der Waals surface area contributed by atoms with Gasteiger partial charge in [-0.05, 0) is 44.2 Å². The van der Waals surface area contributed by atoms with E-state index < -0.39 is 0 Å². The maximum atomic E-state index is 8.80. The van der Waals surface area contributed by atoms with E-state index in [0.717, 1.165) is 6.42 Å². The van der Waals surface area contributed by atoms with Gasteiger partial charge < -0.3 is 10.4 Å². The second-order valence-electron chi connectivity index (χ2n) is 3.77. The van der Waals surface area contributed by atoms with Crippen LogP contribution in [0.2, 0.25) is 0 Å². The molecule has 1 rings (SSSR count). The van der Waals surface area contributed by atoms with E-state index in [2.05, 4.69) is 37.5 Å². The van der Waals surface area contributed by atoms with Crippen molar-refractivity contribution in [2.45, 2.75) is 39.3 Å². The summed E-state index contributed by atoms with van der Waals surface area (Å²) in [6, 6.07) is 2.91. The third-order valence-corrected chi connectivity index (χ3v) is 3.59. The largest absolute Gasteiger partial charge is 0.396 e. The molecule has 3 heteroatoms. The van der Waals surface area contributed by atoms with Gasteiger partial charge in [0.05, 0.1) is 0 Å². The molecule has 0 saturated heterocycles. The molecule has 0 fully saturated rings. The van der Waals surface area contributed by atoms with Crippen molar-refractivity contribution >= 4 is 11.3 Å². The van der Waals surface area contributed by atoms with Crippen LogP contribution in [-0.2, 0) is 0 Å². The first-order chi connectivity index (χ1) is 6.65. The van der Waals surface area contributed by atoms with E-state index in [9.17, 15) is 0 Å². The van der Waals surface area contributed by atoms with Crippen LogP contribution in [-0.4, -0.2) is 17.8 Å². The summed E-state index contributed by atoms with van der Waals surface area (Å²) < 4.78 is 0. The molecule has 14 heavy (non-hydrogen) atoms. The number of nitrogens with one attached hydrogen (secondary N) is 1. The van der Waals surface area contributed by atoms with E-state index >= 15 is 0 Å². The van der Waals surface area contributed by atoms with Gasteiger partial charge in [-0.25, -0.2) is 0 Å². The van der Waals surface area contributed by atoms with Crippen molar-refractivity contribution < 1.29 is 5.11 Å². The molecule has 1 heterocycles. The first kappa shape index (κ1) is 11.7. The maximum absolute atomic E-state index is 8.80. The molecule has 0 aliphatic carbocycles. The molecule has 1 aromatic rings. The molecule has 2 N–H and O–H groups in total. The van der Waals surface area contributed by atoms with E-state index in [4.69, 9.17) is 5.11 Å². The molecular formula is C11H19NOS. The van der Waals surface area contributed by atoms with Gasteiger partial charge >= 0.3 is 0 Å². The standard InChI is InChI=1S/C11H19NOS/c1-8-5-7-14-11(8)10(3)12-9(2)4-6-13/h5,7,9-10,12-13H,4,6H2,1-3H3. The maximum Gasteiger partial charge on any atom is 0.0445 e. The summed E-state index contributed by atoms with van der Waals surface area (Å²) >= 11 is 1.79. The fraction of sp³-hybridized carbons (Fsp3) is 0.636. The minimum absolute atomic E-state index is 0.254. The van der Waals surface area contributed by atoms with E-state index in [0.29, 0.717) is 12.1 Å². The smallest absolute Gasteiger partial charge is 0.0445 e. The first-order valence-corrected chi connectivity index (χ1v) is 5.94. The SMILES string of the molecule is Cc1ccsc1C(C)NC(C)CCO. The lowest BCUT2D eigenvalue weighted by Crippen LogP contribution is -2.29. The van der Waals surface area contributed by atoms with Gasteiger partial charge in [0.1, 0.15) is 0 Å². The molecule has 1 aromatic heterocycles. The van der Waals surface area contributed by atoms with Gasteiger partial charge in [-0.1, -0.05) is 0 Å². The molecule has 2 atom stereocenters. The highest BCUT2D eigenvalue weighted by molar-refractivity contribution is 7.10. The van der Waals surface area contributed by atoms with E-state index in [1.54, 1.807) is 11.3 Å². The highest BCUT2D eigenvalue weighted by Gasteiger charge is 2.11. The van der Waals surface area contributed by atoms with E-state index in [1.165, 1.54) is 10.4 Å². The number of aliphatic hydroxyl groups excluding tert-OH is 1. The van der Waals surface area contributed by atoms with Gasteiger partial charge in [0.25, 0.3) is 0 Å². The Morgan fingerprint density at radius 1 is 1.50 bits per heavy atom. The van der Waals surface area contributed by atoms with Crippen LogP contribution >= 0.6 is 11.3 Å². The average molecular weight is 213 g/mol. The number of hydrogen-bond acceptors (Lipinski definition) is 3. The van der Waals surface area contributed by atoms with Crippen molar-refractivity contribution in [2.75, 3.05) is 6.61 Å². The van der Waals surface area contributed by atoms with Gasteiger partial charge in [-0.2, -0.15) is 0 Å². The van der Waals surface area contributed by atoms with Crippen molar-refractivity contribution in [3.05, 3.63) is 21.9 Å². The predicted octanol–water partition coefficient (Wildman–Crippen LogP) is 2.48. The Bertz CT molecular complexity index is 272. The summed E-state index contributed by atoms with van der Waals surface area (Å²) in [6.45, 7) is 6.67. The molecule has 0 aliphatic heterocycles. The second kappa shape index (κ2) is 5.49. The number of rotatable bonds is 5. The first-order valence-electron chi connectivity index (χ1n) is 5.06. The van der Waals surface area contributed by atoms with Gasteiger partial charge in [-0.3, -0.25) is 0 Å². The lowest BCUT2D eigenvalue weighted by atomic mass is 10.1. The third-order valence-electron chi connectivity index (χ3n) is 2.39. The summed E-state index contributed by atoms with van der Waals surface area (Å²) in [6.07, 6.45) is 0.814. The number of aliphatic hydroxyl groups is 1. The van der Waals surface area contributed by atoms with Gasteiger partial charge in [-0.15, -0.1) is 11.3 Å². The zero-order valence-electron chi connectivity index (χ0n) is 9.08. The zero-order chi connectivity index (χ0) is 10.6. The van der Waals surface area contributed by atoms with Crippen molar-refractivity contribution in [3.63, 3.8) is 0 Å². The number of aryl methyl sites for hydroxylation is 1. The Morgan fingerprint density at radius 3 is 2.71 bits per heavy atom. The Hall–Kier alpha value is -0.380. The van der Waals surface area contributed by atoms with Crippen molar-refractivity contribution in [3.8, 4) is 0 Å². The molecule has 0 bridgehead atoms. The fourth-order valence-corrected chi connectivity index (χ4v) is 2.55. The van der Waals surface area contributed by atoms with Crippen molar-refractivity contribution in [1.29, 1.82) is 0 Å². The summed E-state index contributed by atoms with van der Waals surface area (Å²) in [5.41, 5.74) is 1.35. The average Bonchev–Trinajstić information content (AvgIpc) is 2.51. The quantitative estimate of drug-likeness (QED) is 0.787. The molecule has 0 spiro atoms. The van der Waals surface area contributed by atoms with Crippen LogP contribution in [0.1, 0.15) is 36.8 Å². The summed E-state index contributed by atoms with van der Waals surface area (Å²) in [5.74, 6) is 0. The molecular weight excluding hydrogens is 194 g/mol. The van der Waals surface area contributed by atoms with E-state index in [1.807, 2.05) is 0 Å². The highest BCUT2D eigenvalue weighted by atomic mass is 32.1. The lowest BCUT2D eigenvalue weighted by Gasteiger charge is -2.19. The molecule has 2 nitrogen and oxygen atoms in total. The van der Waals surface area contributed by atoms with Gasteiger partial charge in [0.15, 0.2) is 0 Å². The highest BCUT2D eigenvalue weighted by Crippen LogP contribution is 2.23. The molecule has 0 amide bonds. The molecule has 2 unspecified atom stereocenters. The molecule has 0 saturated carbocycles. The van der Waals surface area contributed by atoms with Gasteiger partial charge in [0.2, 0.25) is 0 Å². The van der Waals surface area contributed by atoms with E-state index in [-0.39, 0.29) is 6.61 Å². The van der Waals surface area contributed by atoms with Crippen LogP contribution in [0.25, 0.3) is 0 Å². The Morgan fingerprint density at radius 2 is 2.21 bits per heavy atom. The Labute approximate surface area is 90.0 Å². The topological polar surface area (TPSA) is 32.3 Å². The fourth-order valence-electron chi connectivity index (χ4n) is 1.61. The molecule has 80 valence electrons. The Kier molecular flexibility index (Phi) is 4.58. The molecule has 0 aliphatic rings. The van der Waals surface area contributed by atoms with Crippen LogP contribution in [0.3, 0.4) is 0 Å². The molecule has 0 aromatic carbocycles. The van der Waals surface area contributed by atoms with Crippen LogP contribution in [0.4, 0.5) is 0 Å². The summed E-state index contributed by atoms with van der Waals surface area (Å²) in [7, 11) is 0. The Balaban J connectivity index is 2.50. The van der Waals surface area contributed by atoms with Crippen LogP contribution in [0.5, 0.6) is 0 Å². The van der Waals surface area contributed by atoms with Crippen LogP contribution < -0.4 is 5.32 Å². The minimum atomic E-state index is 0.254. The lowest BCUT2D eigenvalue weighted by molar-refractivity contribution is 0.265. The monoisotopic (exact) mass is 213 g/mol. The normalized spacial score (nSPS) is 15.4.